The van der Waals surface area contributed by atoms with E-state index in [1.54, 1.807) is 23.9 Å². The molecule has 7 heteroatoms. The van der Waals surface area contributed by atoms with Crippen LogP contribution in [0.1, 0.15) is 5.56 Å². The first-order valence-corrected chi connectivity index (χ1v) is 7.55. The van der Waals surface area contributed by atoms with Crippen LogP contribution in [0.3, 0.4) is 0 Å². The lowest BCUT2D eigenvalue weighted by atomic mass is 10.2. The maximum Gasteiger partial charge on any atom is 0.573 e. The molecule has 2 rings (SSSR count). The summed E-state index contributed by atoms with van der Waals surface area (Å²) in [7, 11) is 0. The van der Waals surface area contributed by atoms with Crippen LogP contribution in [0, 0.1) is 0 Å². The van der Waals surface area contributed by atoms with Gasteiger partial charge in [0.1, 0.15) is 5.75 Å². The number of hydrogen-bond acceptors (Lipinski definition) is 4. The highest BCUT2D eigenvalue weighted by molar-refractivity contribution is 7.99. The predicted molar refractivity (Wildman–Crippen MR) is 75.2 cm³/mol. The quantitative estimate of drug-likeness (QED) is 0.845. The van der Waals surface area contributed by atoms with Gasteiger partial charge in [-0.1, -0.05) is 18.2 Å². The van der Waals surface area contributed by atoms with Crippen LogP contribution < -0.4 is 4.74 Å². The molecule has 1 aliphatic rings. The second kappa shape index (κ2) is 7.20. The van der Waals surface area contributed by atoms with Gasteiger partial charge >= 0.3 is 6.36 Å². The molecular weight excluding hydrogens is 305 g/mol. The lowest BCUT2D eigenvalue weighted by Gasteiger charge is -2.26. The zero-order valence-corrected chi connectivity index (χ0v) is 12.1. The van der Waals surface area contributed by atoms with Crippen LogP contribution in [0.25, 0.3) is 6.08 Å². The molecule has 0 aliphatic carbocycles. The molecule has 116 valence electrons. The molecule has 1 aromatic rings. The second-order valence-electron chi connectivity index (χ2n) is 4.37. The summed E-state index contributed by atoms with van der Waals surface area (Å²) in [6, 6.07) is 5.59. The van der Waals surface area contributed by atoms with Crippen molar-refractivity contribution in [2.45, 2.75) is 17.9 Å². The monoisotopic (exact) mass is 320 g/mol. The Morgan fingerprint density at radius 3 is 2.33 bits per heavy atom. The van der Waals surface area contributed by atoms with Gasteiger partial charge in [0.05, 0.1) is 18.5 Å². The van der Waals surface area contributed by atoms with Crippen LogP contribution in [0.5, 0.6) is 5.75 Å². The van der Waals surface area contributed by atoms with E-state index in [9.17, 15) is 13.2 Å². The van der Waals surface area contributed by atoms with E-state index < -0.39 is 12.7 Å². The van der Waals surface area contributed by atoms with E-state index in [4.69, 9.17) is 9.47 Å². The number of thioether (sulfide) groups is 1. The molecule has 0 spiro atoms. The van der Waals surface area contributed by atoms with Gasteiger partial charge in [-0.3, -0.25) is 0 Å². The van der Waals surface area contributed by atoms with Crippen molar-refractivity contribution in [3.63, 3.8) is 0 Å². The molecule has 1 fully saturated rings. The molecule has 0 radical (unpaired) electrons. The van der Waals surface area contributed by atoms with Gasteiger partial charge in [-0.05, 0) is 30.0 Å². The van der Waals surface area contributed by atoms with Crippen LogP contribution in [0.2, 0.25) is 0 Å². The Morgan fingerprint density at radius 2 is 1.81 bits per heavy atom. The number of alkyl halides is 3. The van der Waals surface area contributed by atoms with Crippen LogP contribution in [0.4, 0.5) is 13.2 Å². The van der Waals surface area contributed by atoms with E-state index in [0.717, 1.165) is 5.56 Å². The zero-order valence-electron chi connectivity index (χ0n) is 11.3. The Bertz CT molecular complexity index is 465. The summed E-state index contributed by atoms with van der Waals surface area (Å²) in [5.74, 6) is -0.243. The fourth-order valence-corrected chi connectivity index (χ4v) is 2.15. The van der Waals surface area contributed by atoms with Gasteiger partial charge < -0.3 is 14.2 Å². The highest BCUT2D eigenvalue weighted by atomic mass is 32.2. The minimum Gasteiger partial charge on any atom is -0.406 e. The molecule has 0 unspecified atom stereocenters. The third-order valence-electron chi connectivity index (χ3n) is 2.79. The summed E-state index contributed by atoms with van der Waals surface area (Å²) < 4.78 is 50.8. The molecule has 21 heavy (non-hydrogen) atoms. The molecule has 0 N–H and O–H groups in total. The number of benzene rings is 1. The highest BCUT2D eigenvalue weighted by Crippen LogP contribution is 2.23. The maximum absolute atomic E-state index is 12.0. The molecule has 3 nitrogen and oxygen atoms in total. The van der Waals surface area contributed by atoms with Gasteiger partial charge in [0.2, 0.25) is 0 Å². The van der Waals surface area contributed by atoms with Crippen molar-refractivity contribution in [3.05, 3.63) is 35.9 Å². The predicted octanol–water partition coefficient (Wildman–Crippen LogP) is 3.70. The van der Waals surface area contributed by atoms with Gasteiger partial charge in [-0.25, -0.2) is 0 Å². The number of ether oxygens (including phenoxy) is 3. The molecule has 1 heterocycles. The van der Waals surface area contributed by atoms with Crippen molar-refractivity contribution >= 4 is 17.8 Å². The SMILES string of the molecule is CSC1COC(/C=C/c2ccc(OC(F)(F)F)cc2)OC1. The lowest BCUT2D eigenvalue weighted by Crippen LogP contribution is -2.32. The third kappa shape index (κ3) is 5.61. The minimum absolute atomic E-state index is 0.243. The van der Waals surface area contributed by atoms with Gasteiger partial charge in [0, 0.05) is 0 Å². The lowest BCUT2D eigenvalue weighted by molar-refractivity contribution is -0.274. The van der Waals surface area contributed by atoms with Gasteiger partial charge in [-0.2, -0.15) is 11.8 Å². The summed E-state index contributed by atoms with van der Waals surface area (Å²) in [6.45, 7) is 1.24. The van der Waals surface area contributed by atoms with E-state index in [1.807, 2.05) is 6.26 Å². The smallest absolute Gasteiger partial charge is 0.406 e. The molecular formula is C14H15F3O3S. The number of halogens is 3. The van der Waals surface area contributed by atoms with Crippen molar-refractivity contribution in [3.8, 4) is 5.75 Å². The fraction of sp³-hybridized carbons (Fsp3) is 0.429. The average Bonchev–Trinajstić information content (AvgIpc) is 2.45. The maximum atomic E-state index is 12.0. The van der Waals surface area contributed by atoms with Gasteiger partial charge in [-0.15, -0.1) is 13.2 Å². The first-order chi connectivity index (χ1) is 9.96. The summed E-state index contributed by atoms with van der Waals surface area (Å²) in [5, 5.41) is 0.341. The third-order valence-corrected chi connectivity index (χ3v) is 3.72. The number of hydrogen-bond donors (Lipinski definition) is 0. The van der Waals surface area contributed by atoms with E-state index in [1.165, 1.54) is 24.3 Å². The average molecular weight is 320 g/mol. The fourth-order valence-electron chi connectivity index (χ4n) is 1.72. The van der Waals surface area contributed by atoms with Gasteiger partial charge in [0.15, 0.2) is 6.29 Å². The first-order valence-electron chi connectivity index (χ1n) is 6.26. The van der Waals surface area contributed by atoms with Crippen LogP contribution >= 0.6 is 11.8 Å². The second-order valence-corrected chi connectivity index (χ2v) is 5.51. The van der Waals surface area contributed by atoms with Gasteiger partial charge in [0.25, 0.3) is 0 Å². The zero-order chi connectivity index (χ0) is 15.3. The van der Waals surface area contributed by atoms with E-state index in [-0.39, 0.29) is 5.75 Å². The Balaban J connectivity index is 1.87. The largest absolute Gasteiger partial charge is 0.573 e. The Hall–Kier alpha value is -1.18. The molecule has 0 aromatic heterocycles. The molecule has 1 saturated heterocycles. The Labute approximate surface area is 125 Å². The Kier molecular flexibility index (Phi) is 5.55. The highest BCUT2D eigenvalue weighted by Gasteiger charge is 2.30. The summed E-state index contributed by atoms with van der Waals surface area (Å²) in [5.41, 5.74) is 0.740. The Morgan fingerprint density at radius 1 is 1.19 bits per heavy atom. The molecule has 1 aliphatic heterocycles. The molecule has 0 saturated carbocycles. The van der Waals surface area contributed by atoms with Crippen molar-refractivity contribution in [1.29, 1.82) is 0 Å². The van der Waals surface area contributed by atoms with Crippen molar-refractivity contribution in [2.75, 3.05) is 19.5 Å². The molecule has 1 aromatic carbocycles. The van der Waals surface area contributed by atoms with E-state index >= 15 is 0 Å². The molecule has 0 bridgehead atoms. The van der Waals surface area contributed by atoms with Crippen molar-refractivity contribution < 1.29 is 27.4 Å². The standard InChI is InChI=1S/C14H15F3O3S/c1-21-12-8-18-13(19-9-12)7-4-10-2-5-11(6-3-10)20-14(15,16)17/h2-7,12-13H,8-9H2,1H3/b7-4+. The molecule has 0 amide bonds. The summed E-state index contributed by atoms with van der Waals surface area (Å²) >= 11 is 1.69. The van der Waals surface area contributed by atoms with Crippen molar-refractivity contribution in [2.24, 2.45) is 0 Å². The first kappa shape index (κ1) is 16.2. The summed E-state index contributed by atoms with van der Waals surface area (Å²) in [4.78, 5) is 0. The normalized spacial score (nSPS) is 23.4. The van der Waals surface area contributed by atoms with Crippen molar-refractivity contribution in [1.82, 2.24) is 0 Å². The minimum atomic E-state index is -4.67. The van der Waals surface area contributed by atoms with E-state index in [0.29, 0.717) is 18.5 Å². The van der Waals surface area contributed by atoms with Crippen LogP contribution in [-0.2, 0) is 9.47 Å². The van der Waals surface area contributed by atoms with Crippen LogP contribution in [0.15, 0.2) is 30.3 Å². The van der Waals surface area contributed by atoms with E-state index in [2.05, 4.69) is 4.74 Å². The number of rotatable bonds is 4. The topological polar surface area (TPSA) is 27.7 Å². The van der Waals surface area contributed by atoms with Crippen LogP contribution in [-0.4, -0.2) is 37.4 Å². The molecule has 0 atom stereocenters. The summed E-state index contributed by atoms with van der Waals surface area (Å²) in [6.07, 6.45) is 0.379.